The van der Waals surface area contributed by atoms with Crippen LogP contribution in [-0.2, 0) is 33.3 Å². The van der Waals surface area contributed by atoms with Crippen LogP contribution >= 0.6 is 11.8 Å². The van der Waals surface area contributed by atoms with E-state index in [1.165, 1.54) is 103 Å². The molecule has 0 aliphatic carbocycles. The van der Waals surface area contributed by atoms with Crippen LogP contribution in [0.15, 0.2) is 17.0 Å². The maximum Gasteiger partial charge on any atom is 0.136 e. The molecular formula is C25H42OS3+2. The molecule has 0 N–H and O–H groups in total. The van der Waals surface area contributed by atoms with Gasteiger partial charge < -0.3 is 4.74 Å². The number of hydrogen-bond donors (Lipinski definition) is 0. The number of benzene rings is 1. The van der Waals surface area contributed by atoms with Gasteiger partial charge in [-0.2, -0.15) is 0 Å². The third kappa shape index (κ3) is 7.31. The molecule has 0 saturated carbocycles. The largest absolute Gasteiger partial charge is 0.496 e. The van der Waals surface area contributed by atoms with E-state index in [1.54, 1.807) is 10.5 Å². The van der Waals surface area contributed by atoms with Crippen molar-refractivity contribution < 1.29 is 4.74 Å². The van der Waals surface area contributed by atoms with Crippen molar-refractivity contribution in [2.45, 2.75) is 81.6 Å². The Balaban J connectivity index is 1.77. The van der Waals surface area contributed by atoms with Crippen LogP contribution in [0.3, 0.4) is 0 Å². The van der Waals surface area contributed by atoms with Crippen molar-refractivity contribution in [1.29, 1.82) is 0 Å². The lowest BCUT2D eigenvalue weighted by atomic mass is 10.0. The quantitative estimate of drug-likeness (QED) is 0.253. The number of methoxy groups -OCH3 is 1. The molecule has 4 heteroatoms. The molecule has 1 unspecified atom stereocenters. The van der Waals surface area contributed by atoms with Gasteiger partial charge in [0, 0.05) is 21.8 Å². The molecule has 3 rings (SSSR count). The van der Waals surface area contributed by atoms with Crippen molar-refractivity contribution in [3.8, 4) is 5.75 Å². The molecule has 0 aromatic heterocycles. The highest BCUT2D eigenvalue weighted by Crippen LogP contribution is 2.36. The molecule has 1 aromatic carbocycles. The van der Waals surface area contributed by atoms with E-state index in [0.717, 1.165) is 5.92 Å². The normalized spacial score (nSPS) is 19.1. The van der Waals surface area contributed by atoms with Crippen LogP contribution in [0.25, 0.3) is 0 Å². The van der Waals surface area contributed by atoms with Gasteiger partial charge in [-0.3, -0.25) is 0 Å². The minimum absolute atomic E-state index is 0.585. The topological polar surface area (TPSA) is 9.23 Å². The van der Waals surface area contributed by atoms with Gasteiger partial charge in [-0.25, -0.2) is 0 Å². The summed E-state index contributed by atoms with van der Waals surface area (Å²) < 4.78 is 5.91. The molecule has 2 aliphatic heterocycles. The van der Waals surface area contributed by atoms with Crippen molar-refractivity contribution in [2.75, 3.05) is 35.9 Å². The molecular weight excluding hydrogens is 412 g/mol. The van der Waals surface area contributed by atoms with Crippen LogP contribution in [0.5, 0.6) is 5.75 Å². The zero-order chi connectivity index (χ0) is 20.5. The number of hydrogen-bond acceptors (Lipinski definition) is 2. The average Bonchev–Trinajstić information content (AvgIpc) is 3.44. The van der Waals surface area contributed by atoms with Crippen molar-refractivity contribution in [2.24, 2.45) is 5.92 Å². The van der Waals surface area contributed by atoms with Gasteiger partial charge in [-0.15, -0.1) is 11.8 Å². The third-order valence-electron chi connectivity index (χ3n) is 6.43. The summed E-state index contributed by atoms with van der Waals surface area (Å²) in [6.07, 6.45) is 11.2. The van der Waals surface area contributed by atoms with Gasteiger partial charge in [0.1, 0.15) is 40.3 Å². The summed E-state index contributed by atoms with van der Waals surface area (Å²) in [6, 6.07) is 4.99. The highest BCUT2D eigenvalue weighted by Gasteiger charge is 2.29. The van der Waals surface area contributed by atoms with Gasteiger partial charge in [0.25, 0.3) is 0 Å². The first-order valence-electron chi connectivity index (χ1n) is 11.8. The summed E-state index contributed by atoms with van der Waals surface area (Å²) in [7, 11) is 3.07. The molecule has 0 spiro atoms. The van der Waals surface area contributed by atoms with E-state index in [9.17, 15) is 0 Å². The minimum Gasteiger partial charge on any atom is -0.496 e. The van der Waals surface area contributed by atoms with Gasteiger partial charge >= 0.3 is 0 Å². The third-order valence-corrected chi connectivity index (χ3v) is 12.7. The van der Waals surface area contributed by atoms with Crippen molar-refractivity contribution in [3.63, 3.8) is 0 Å². The van der Waals surface area contributed by atoms with E-state index in [0.29, 0.717) is 21.8 Å². The predicted octanol–water partition coefficient (Wildman–Crippen LogP) is 6.83. The van der Waals surface area contributed by atoms with E-state index in [1.807, 2.05) is 7.11 Å². The Hall–Kier alpha value is 0.0700. The van der Waals surface area contributed by atoms with Crippen LogP contribution in [-0.4, -0.2) is 35.9 Å². The lowest BCUT2D eigenvalue weighted by Crippen LogP contribution is -2.11. The summed E-state index contributed by atoms with van der Waals surface area (Å²) in [5, 5.41) is 0. The van der Waals surface area contributed by atoms with Gasteiger partial charge in [-0.05, 0) is 71.9 Å². The first-order valence-corrected chi connectivity index (χ1v) is 16.3. The molecule has 2 fully saturated rings. The second kappa shape index (κ2) is 12.8. The molecule has 1 nitrogen and oxygen atoms in total. The monoisotopic (exact) mass is 454 g/mol. The molecule has 0 radical (unpaired) electrons. The van der Waals surface area contributed by atoms with E-state index >= 15 is 0 Å². The molecule has 2 aliphatic rings. The summed E-state index contributed by atoms with van der Waals surface area (Å²) in [6.45, 7) is 4.70. The van der Waals surface area contributed by atoms with Crippen molar-refractivity contribution >= 4 is 33.6 Å². The fourth-order valence-corrected chi connectivity index (χ4v) is 10.7. The second-order valence-electron chi connectivity index (χ2n) is 8.74. The molecule has 164 valence electrons. The Morgan fingerprint density at radius 2 is 1.55 bits per heavy atom. The highest BCUT2D eigenvalue weighted by atomic mass is 32.2. The van der Waals surface area contributed by atoms with E-state index in [4.69, 9.17) is 4.74 Å². The number of ether oxygens (including phenoxy) is 1. The molecule has 1 aromatic rings. The first kappa shape index (κ1) is 23.7. The van der Waals surface area contributed by atoms with Crippen molar-refractivity contribution in [1.82, 2.24) is 0 Å². The maximum atomic E-state index is 5.91. The van der Waals surface area contributed by atoms with Crippen LogP contribution in [0.4, 0.5) is 0 Å². The summed E-state index contributed by atoms with van der Waals surface area (Å²) in [5.41, 5.74) is 3.07. The molecule has 1 atom stereocenters. The standard InChI is InChI=1S/C25H42OS3/c1-4-6-11-21(5-2)18-27-25-17-22(19-28-12-7-8-13-28)24(26-3)16-23(25)20-29-14-9-10-15-29/h16-17,21H,4-15,18-20H2,1-3H3/q+2. The Morgan fingerprint density at radius 1 is 0.931 bits per heavy atom. The fraction of sp³-hybridized carbons (Fsp3) is 0.760. The van der Waals surface area contributed by atoms with E-state index in [2.05, 4.69) is 37.7 Å². The lowest BCUT2D eigenvalue weighted by molar-refractivity contribution is 0.410. The zero-order valence-corrected chi connectivity index (χ0v) is 21.4. The Labute approximate surface area is 190 Å². The number of unbranched alkanes of at least 4 members (excludes halogenated alkanes) is 1. The Bertz CT molecular complexity index is 606. The van der Waals surface area contributed by atoms with Crippen LogP contribution in [0, 0.1) is 5.92 Å². The van der Waals surface area contributed by atoms with Gasteiger partial charge in [-0.1, -0.05) is 33.1 Å². The summed E-state index contributed by atoms with van der Waals surface area (Å²) in [5.74, 6) is 11.6. The van der Waals surface area contributed by atoms with Gasteiger partial charge in [0.05, 0.1) is 7.11 Å². The Kier molecular flexibility index (Phi) is 10.5. The molecule has 29 heavy (non-hydrogen) atoms. The number of rotatable bonds is 12. The summed E-state index contributed by atoms with van der Waals surface area (Å²) >= 11 is 2.16. The summed E-state index contributed by atoms with van der Waals surface area (Å²) in [4.78, 5) is 1.58. The van der Waals surface area contributed by atoms with Crippen molar-refractivity contribution in [3.05, 3.63) is 23.3 Å². The van der Waals surface area contributed by atoms with Gasteiger partial charge in [0.2, 0.25) is 0 Å². The SMILES string of the molecule is CCCCC(CC)CSc1cc(C[S+]2CCCC2)c(OC)cc1C[S+]1CCCC1. The smallest absolute Gasteiger partial charge is 0.136 e. The zero-order valence-electron chi connectivity index (χ0n) is 19.0. The van der Waals surface area contributed by atoms with E-state index < -0.39 is 0 Å². The molecule has 2 heterocycles. The molecule has 2 saturated heterocycles. The van der Waals surface area contributed by atoms with Crippen LogP contribution < -0.4 is 4.74 Å². The number of thioether (sulfide) groups is 1. The van der Waals surface area contributed by atoms with Crippen LogP contribution in [0.2, 0.25) is 0 Å². The minimum atomic E-state index is 0.585. The fourth-order valence-electron chi connectivity index (χ4n) is 4.46. The highest BCUT2D eigenvalue weighted by molar-refractivity contribution is 7.99. The maximum absolute atomic E-state index is 5.91. The van der Waals surface area contributed by atoms with Crippen LogP contribution in [0.1, 0.15) is 76.3 Å². The molecule has 0 bridgehead atoms. The van der Waals surface area contributed by atoms with Gasteiger partial charge in [0.15, 0.2) is 0 Å². The van der Waals surface area contributed by atoms with E-state index in [-0.39, 0.29) is 0 Å². The Morgan fingerprint density at radius 3 is 2.10 bits per heavy atom. The average molecular weight is 455 g/mol. The first-order chi connectivity index (χ1) is 14.2. The lowest BCUT2D eigenvalue weighted by Gasteiger charge is -2.18. The molecule has 0 amide bonds. The predicted molar refractivity (Wildman–Crippen MR) is 137 cm³/mol. The second-order valence-corrected chi connectivity index (χ2v) is 14.5.